The fourth-order valence-electron chi connectivity index (χ4n) is 2.41. The van der Waals surface area contributed by atoms with E-state index in [2.05, 4.69) is 0 Å². The van der Waals surface area contributed by atoms with Gasteiger partial charge in [-0.2, -0.15) is 0 Å². The molecule has 106 valence electrons. The number of rotatable bonds is 3. The second kappa shape index (κ2) is 5.44. The molecule has 0 atom stereocenters. The molecule has 0 radical (unpaired) electrons. The van der Waals surface area contributed by atoms with Gasteiger partial charge in [0.15, 0.2) is 0 Å². The van der Waals surface area contributed by atoms with E-state index in [1.807, 2.05) is 68.4 Å². The first-order valence-corrected chi connectivity index (χ1v) is 7.03. The molecule has 0 N–H and O–H groups in total. The molecule has 1 aromatic carbocycles. The van der Waals surface area contributed by atoms with Crippen molar-refractivity contribution >= 4 is 5.52 Å². The Morgan fingerprint density at radius 2 is 1.71 bits per heavy atom. The van der Waals surface area contributed by atoms with Gasteiger partial charge in [0.1, 0.15) is 5.75 Å². The highest BCUT2D eigenvalue weighted by Crippen LogP contribution is 2.28. The summed E-state index contributed by atoms with van der Waals surface area (Å²) in [6, 6.07) is 17.2. The predicted molar refractivity (Wildman–Crippen MR) is 84.9 cm³/mol. The maximum atomic E-state index is 12.8. The van der Waals surface area contributed by atoms with Gasteiger partial charge in [-0.1, -0.05) is 36.4 Å². The van der Waals surface area contributed by atoms with Gasteiger partial charge in [-0.15, -0.1) is 0 Å². The largest absolute Gasteiger partial charge is 0.490 e. The van der Waals surface area contributed by atoms with Gasteiger partial charge in [-0.3, -0.25) is 9.20 Å². The zero-order valence-corrected chi connectivity index (χ0v) is 12.1. The summed E-state index contributed by atoms with van der Waals surface area (Å²) >= 11 is 0. The molecule has 0 unspecified atom stereocenters. The van der Waals surface area contributed by atoms with Crippen molar-refractivity contribution in [3.05, 3.63) is 71.1 Å². The van der Waals surface area contributed by atoms with Gasteiger partial charge in [-0.25, -0.2) is 0 Å². The maximum absolute atomic E-state index is 12.8. The number of fused-ring (bicyclic) bond motifs is 1. The van der Waals surface area contributed by atoms with Gasteiger partial charge in [0.2, 0.25) is 0 Å². The second-order valence-corrected chi connectivity index (χ2v) is 5.22. The van der Waals surface area contributed by atoms with Crippen molar-refractivity contribution < 1.29 is 4.74 Å². The molecule has 0 spiro atoms. The Morgan fingerprint density at radius 3 is 2.43 bits per heavy atom. The van der Waals surface area contributed by atoms with Crippen molar-refractivity contribution in [1.29, 1.82) is 0 Å². The summed E-state index contributed by atoms with van der Waals surface area (Å²) in [5.74, 6) is 0.632. The lowest BCUT2D eigenvalue weighted by atomic mass is 10.1. The summed E-state index contributed by atoms with van der Waals surface area (Å²) in [6.45, 7) is 3.92. The van der Waals surface area contributed by atoms with Crippen molar-refractivity contribution in [1.82, 2.24) is 4.40 Å². The van der Waals surface area contributed by atoms with Crippen molar-refractivity contribution in [2.45, 2.75) is 20.0 Å². The van der Waals surface area contributed by atoms with Crippen LogP contribution in [0.5, 0.6) is 5.75 Å². The smallest absolute Gasteiger partial charge is 0.266 e. The van der Waals surface area contributed by atoms with E-state index in [0.29, 0.717) is 11.3 Å². The number of hydrogen-bond donors (Lipinski definition) is 0. The zero-order chi connectivity index (χ0) is 14.8. The lowest BCUT2D eigenvalue weighted by molar-refractivity contribution is 0.243. The third kappa shape index (κ3) is 2.55. The summed E-state index contributed by atoms with van der Waals surface area (Å²) in [7, 11) is 0. The first-order valence-electron chi connectivity index (χ1n) is 7.03. The van der Waals surface area contributed by atoms with Gasteiger partial charge in [0.25, 0.3) is 5.56 Å². The van der Waals surface area contributed by atoms with Crippen molar-refractivity contribution in [2.24, 2.45) is 0 Å². The minimum absolute atomic E-state index is 0.0121. The number of aromatic nitrogens is 1. The van der Waals surface area contributed by atoms with E-state index in [9.17, 15) is 4.79 Å². The molecule has 3 rings (SSSR count). The van der Waals surface area contributed by atoms with Crippen LogP contribution in [0.3, 0.4) is 0 Å². The van der Waals surface area contributed by atoms with E-state index in [-0.39, 0.29) is 11.7 Å². The minimum atomic E-state index is -0.0602. The van der Waals surface area contributed by atoms with E-state index in [1.54, 1.807) is 10.6 Å². The molecule has 2 aromatic heterocycles. The Morgan fingerprint density at radius 1 is 1.00 bits per heavy atom. The fraction of sp³-hybridized carbons (Fsp3) is 0.167. The molecule has 0 aliphatic heterocycles. The lowest BCUT2D eigenvalue weighted by Gasteiger charge is -2.15. The highest BCUT2D eigenvalue weighted by Gasteiger charge is 2.15. The molecule has 0 aliphatic rings. The molecule has 0 saturated carbocycles. The average molecular weight is 279 g/mol. The number of nitrogens with zero attached hydrogens (tertiary/aromatic N) is 1. The molecule has 0 saturated heterocycles. The Kier molecular flexibility index (Phi) is 3.48. The number of ether oxygens (including phenoxy) is 1. The first-order chi connectivity index (χ1) is 10.2. The molecule has 2 heterocycles. The topological polar surface area (TPSA) is 30.7 Å². The van der Waals surface area contributed by atoms with E-state index in [0.717, 1.165) is 11.1 Å². The van der Waals surface area contributed by atoms with Gasteiger partial charge >= 0.3 is 0 Å². The Labute approximate surface area is 123 Å². The van der Waals surface area contributed by atoms with Crippen LogP contribution in [0.4, 0.5) is 0 Å². The molecular formula is C18H17NO2. The van der Waals surface area contributed by atoms with Gasteiger partial charge < -0.3 is 4.74 Å². The number of pyridine rings is 2. The lowest BCUT2D eigenvalue weighted by Crippen LogP contribution is -2.18. The number of benzene rings is 1. The van der Waals surface area contributed by atoms with Crippen LogP contribution in [0.15, 0.2) is 65.6 Å². The zero-order valence-electron chi connectivity index (χ0n) is 12.1. The van der Waals surface area contributed by atoms with Crippen molar-refractivity contribution in [2.75, 3.05) is 0 Å². The Balaban J connectivity index is 2.34. The summed E-state index contributed by atoms with van der Waals surface area (Å²) in [4.78, 5) is 12.8. The van der Waals surface area contributed by atoms with Gasteiger partial charge in [-0.05, 0) is 31.5 Å². The Bertz CT molecular complexity index is 819. The predicted octanol–water partition coefficient (Wildman–Crippen LogP) is 3.75. The monoisotopic (exact) mass is 279 g/mol. The van der Waals surface area contributed by atoms with E-state index in [4.69, 9.17) is 4.74 Å². The minimum Gasteiger partial charge on any atom is -0.490 e. The summed E-state index contributed by atoms with van der Waals surface area (Å²) in [6.07, 6.45) is 1.79. The van der Waals surface area contributed by atoms with Crippen LogP contribution >= 0.6 is 0 Å². The quantitative estimate of drug-likeness (QED) is 0.731. The third-order valence-corrected chi connectivity index (χ3v) is 3.27. The SMILES string of the molecule is CC(C)Oc1cc2ccccn2c(=O)c1-c1ccccc1. The van der Waals surface area contributed by atoms with Crippen LogP contribution in [0, 0.1) is 0 Å². The summed E-state index contributed by atoms with van der Waals surface area (Å²) < 4.78 is 7.52. The normalized spacial score (nSPS) is 11.0. The van der Waals surface area contributed by atoms with Crippen LogP contribution < -0.4 is 10.3 Å². The van der Waals surface area contributed by atoms with Crippen LogP contribution in [0.25, 0.3) is 16.6 Å². The first kappa shape index (κ1) is 13.4. The Hall–Kier alpha value is -2.55. The molecule has 0 bridgehead atoms. The summed E-state index contributed by atoms with van der Waals surface area (Å²) in [5.41, 5.74) is 2.25. The highest BCUT2D eigenvalue weighted by molar-refractivity contribution is 5.73. The molecule has 0 fully saturated rings. The second-order valence-electron chi connectivity index (χ2n) is 5.22. The standard InChI is InChI=1S/C18H17NO2/c1-13(2)21-16-12-15-10-6-7-11-19(15)18(20)17(16)14-8-4-3-5-9-14/h3-13H,1-2H3. The molecule has 3 nitrogen and oxygen atoms in total. The average Bonchev–Trinajstić information content (AvgIpc) is 2.48. The molecular weight excluding hydrogens is 262 g/mol. The van der Waals surface area contributed by atoms with Crippen LogP contribution in [-0.4, -0.2) is 10.5 Å². The van der Waals surface area contributed by atoms with Crippen LogP contribution in [0.2, 0.25) is 0 Å². The van der Waals surface area contributed by atoms with Gasteiger partial charge in [0.05, 0.1) is 17.2 Å². The van der Waals surface area contributed by atoms with E-state index >= 15 is 0 Å². The van der Waals surface area contributed by atoms with Crippen LogP contribution in [0.1, 0.15) is 13.8 Å². The molecule has 0 amide bonds. The molecule has 21 heavy (non-hydrogen) atoms. The molecule has 0 aliphatic carbocycles. The van der Waals surface area contributed by atoms with Crippen molar-refractivity contribution in [3.8, 4) is 16.9 Å². The number of hydrogen-bond acceptors (Lipinski definition) is 2. The highest BCUT2D eigenvalue weighted by atomic mass is 16.5. The molecule has 3 aromatic rings. The third-order valence-electron chi connectivity index (χ3n) is 3.27. The van der Waals surface area contributed by atoms with E-state index in [1.165, 1.54) is 0 Å². The maximum Gasteiger partial charge on any atom is 0.266 e. The van der Waals surface area contributed by atoms with Crippen LogP contribution in [-0.2, 0) is 0 Å². The summed E-state index contributed by atoms with van der Waals surface area (Å²) in [5, 5.41) is 0. The van der Waals surface area contributed by atoms with Gasteiger partial charge in [0, 0.05) is 12.3 Å². The fourth-order valence-corrected chi connectivity index (χ4v) is 2.41. The molecule has 3 heteroatoms. The van der Waals surface area contributed by atoms with Crippen molar-refractivity contribution in [3.63, 3.8) is 0 Å². The van der Waals surface area contributed by atoms with E-state index < -0.39 is 0 Å².